The molecule has 0 aromatic heterocycles. The summed E-state index contributed by atoms with van der Waals surface area (Å²) in [6.07, 6.45) is 6.78. The zero-order valence-electron chi connectivity index (χ0n) is 36.6. The first-order chi connectivity index (χ1) is 33.2. The van der Waals surface area contributed by atoms with Gasteiger partial charge in [0.05, 0.1) is 12.1 Å². The standard InChI is InChI=1S/C60H42F4N2O2/c61-43-27-39(28-44(62)31-43)51-23-21-35-11-1-5-15-47(35)55(51)57-49-17-7-3-13-37(49)25-41(59(57)67)33-65-53-19-9-10-20-54(53)66-34-42-26-38-14-4-8-18-50(38)58(60(42)68)56-48-16-6-2-12-36(48)22-24-52(56)40-29-45(63)32-46(64)30-40/h1-8,11-18,21-34,53-54,67-68H,9-10,19-20H2/t53-,54-/m1/s1. The SMILES string of the molecule is Oc1c(C=N[C@@H]2CCCC[C@H]2N=Cc2cc3ccccc3c(-c3c(-c4cc(F)cc(F)c4)ccc4ccccc34)c2O)cc2ccccc2c1-c1c(-c2cc(F)cc(F)c2)ccc2ccccc12. The molecule has 0 unspecified atom stereocenters. The molecule has 2 atom stereocenters. The summed E-state index contributed by atoms with van der Waals surface area (Å²) in [6.45, 7) is 0. The van der Waals surface area contributed by atoms with Gasteiger partial charge >= 0.3 is 0 Å². The van der Waals surface area contributed by atoms with Crippen LogP contribution in [-0.4, -0.2) is 34.7 Å². The highest BCUT2D eigenvalue weighted by Crippen LogP contribution is 2.49. The van der Waals surface area contributed by atoms with E-state index in [2.05, 4.69) is 0 Å². The highest BCUT2D eigenvalue weighted by atomic mass is 19.1. The molecule has 0 bridgehead atoms. The number of phenols is 2. The number of benzene rings is 10. The van der Waals surface area contributed by atoms with E-state index in [0.29, 0.717) is 55.6 Å². The number of phenolic OH excluding ortho intramolecular Hbond substituents is 2. The zero-order chi connectivity index (χ0) is 46.5. The molecule has 1 aliphatic carbocycles. The minimum Gasteiger partial charge on any atom is -0.507 e. The third-order valence-electron chi connectivity index (χ3n) is 13.3. The van der Waals surface area contributed by atoms with Gasteiger partial charge in [0.15, 0.2) is 0 Å². The summed E-state index contributed by atoms with van der Waals surface area (Å²) in [4.78, 5) is 10.3. The molecule has 0 amide bonds. The van der Waals surface area contributed by atoms with Crippen molar-refractivity contribution in [3.05, 3.63) is 204 Å². The molecule has 10 aromatic rings. The van der Waals surface area contributed by atoms with Crippen LogP contribution in [0.2, 0.25) is 0 Å². The Labute approximate surface area is 389 Å². The second kappa shape index (κ2) is 17.6. The molecule has 332 valence electrons. The minimum atomic E-state index is -0.701. The zero-order valence-corrected chi connectivity index (χ0v) is 36.6. The second-order valence-corrected chi connectivity index (χ2v) is 17.5. The molecule has 0 spiro atoms. The Morgan fingerprint density at radius 3 is 1.10 bits per heavy atom. The van der Waals surface area contributed by atoms with Gasteiger partial charge in [0, 0.05) is 57.9 Å². The Hall–Kier alpha value is -8.10. The summed E-state index contributed by atoms with van der Waals surface area (Å²) in [5, 5.41) is 31.5. The van der Waals surface area contributed by atoms with Gasteiger partial charge in [-0.3, -0.25) is 9.98 Å². The van der Waals surface area contributed by atoms with Gasteiger partial charge in [-0.15, -0.1) is 0 Å². The van der Waals surface area contributed by atoms with Crippen LogP contribution in [0.5, 0.6) is 11.5 Å². The van der Waals surface area contributed by atoms with Crippen LogP contribution in [0.1, 0.15) is 36.8 Å². The quantitative estimate of drug-likeness (QED) is 0.118. The van der Waals surface area contributed by atoms with Crippen LogP contribution in [0.4, 0.5) is 17.6 Å². The molecule has 0 saturated heterocycles. The first-order valence-corrected chi connectivity index (χ1v) is 22.7. The lowest BCUT2D eigenvalue weighted by Gasteiger charge is -2.26. The van der Waals surface area contributed by atoms with Crippen molar-refractivity contribution in [2.24, 2.45) is 9.98 Å². The van der Waals surface area contributed by atoms with Crippen molar-refractivity contribution in [1.29, 1.82) is 0 Å². The average Bonchev–Trinajstić information content (AvgIpc) is 3.34. The van der Waals surface area contributed by atoms with E-state index in [1.807, 2.05) is 133 Å². The third-order valence-corrected chi connectivity index (χ3v) is 13.3. The number of fused-ring (bicyclic) bond motifs is 4. The molecule has 1 saturated carbocycles. The van der Waals surface area contributed by atoms with Crippen molar-refractivity contribution >= 4 is 55.5 Å². The Morgan fingerprint density at radius 2 is 0.721 bits per heavy atom. The summed E-state index contributed by atoms with van der Waals surface area (Å²) in [5.74, 6) is -2.83. The maximum absolute atomic E-state index is 14.8. The Bertz CT molecular complexity index is 3410. The number of nitrogens with zero attached hydrogens (tertiary/aromatic N) is 2. The van der Waals surface area contributed by atoms with E-state index in [-0.39, 0.29) is 23.6 Å². The molecule has 4 nitrogen and oxygen atoms in total. The molecule has 0 heterocycles. The van der Waals surface area contributed by atoms with Gasteiger partial charge in [0.2, 0.25) is 0 Å². The molecule has 2 N–H and O–H groups in total. The van der Waals surface area contributed by atoms with E-state index in [9.17, 15) is 27.8 Å². The molecule has 1 fully saturated rings. The minimum absolute atomic E-state index is 0.0137. The van der Waals surface area contributed by atoms with E-state index in [1.165, 1.54) is 24.3 Å². The van der Waals surface area contributed by atoms with Crippen LogP contribution in [0, 0.1) is 23.3 Å². The van der Waals surface area contributed by atoms with Crippen molar-refractivity contribution in [3.8, 4) is 56.0 Å². The van der Waals surface area contributed by atoms with Gasteiger partial charge < -0.3 is 10.2 Å². The van der Waals surface area contributed by atoms with Gasteiger partial charge in [-0.05, 0) is 115 Å². The number of rotatable bonds is 8. The van der Waals surface area contributed by atoms with Crippen LogP contribution in [0.25, 0.3) is 87.6 Å². The number of halogens is 4. The largest absolute Gasteiger partial charge is 0.507 e. The van der Waals surface area contributed by atoms with Crippen molar-refractivity contribution < 1.29 is 27.8 Å². The highest BCUT2D eigenvalue weighted by molar-refractivity contribution is 6.16. The molecule has 8 heteroatoms. The number of hydrogen-bond acceptors (Lipinski definition) is 4. The van der Waals surface area contributed by atoms with E-state index < -0.39 is 23.3 Å². The second-order valence-electron chi connectivity index (χ2n) is 17.5. The topological polar surface area (TPSA) is 65.2 Å². The van der Waals surface area contributed by atoms with Crippen LogP contribution in [0.3, 0.4) is 0 Å². The first-order valence-electron chi connectivity index (χ1n) is 22.7. The van der Waals surface area contributed by atoms with Crippen molar-refractivity contribution in [3.63, 3.8) is 0 Å². The molecule has 1 aliphatic rings. The maximum atomic E-state index is 14.8. The van der Waals surface area contributed by atoms with Gasteiger partial charge in [0.1, 0.15) is 34.8 Å². The molecule has 10 aromatic carbocycles. The van der Waals surface area contributed by atoms with Gasteiger partial charge in [-0.2, -0.15) is 0 Å². The van der Waals surface area contributed by atoms with E-state index in [0.717, 1.165) is 80.9 Å². The summed E-state index contributed by atoms with van der Waals surface area (Å²) in [7, 11) is 0. The Morgan fingerprint density at radius 1 is 0.382 bits per heavy atom. The lowest BCUT2D eigenvalue weighted by molar-refractivity contribution is 0.390. The Kier molecular flexibility index (Phi) is 11.0. The monoisotopic (exact) mass is 898 g/mol. The van der Waals surface area contributed by atoms with E-state index in [4.69, 9.17) is 9.98 Å². The fourth-order valence-electron chi connectivity index (χ4n) is 10.2. The van der Waals surface area contributed by atoms with Crippen molar-refractivity contribution in [2.75, 3.05) is 0 Å². The smallest absolute Gasteiger partial charge is 0.132 e. The number of aromatic hydroxyl groups is 2. The fourth-order valence-corrected chi connectivity index (χ4v) is 10.2. The summed E-state index contributed by atoms with van der Waals surface area (Å²) < 4.78 is 59.1. The van der Waals surface area contributed by atoms with Crippen molar-refractivity contribution in [2.45, 2.75) is 37.8 Å². The normalized spacial score (nSPS) is 15.4. The fraction of sp³-hybridized carbons (Fsp3) is 0.100. The summed E-state index contributed by atoms with van der Waals surface area (Å²) >= 11 is 0. The lowest BCUT2D eigenvalue weighted by atomic mass is 9.85. The van der Waals surface area contributed by atoms with Crippen LogP contribution in [-0.2, 0) is 0 Å². The highest BCUT2D eigenvalue weighted by Gasteiger charge is 2.26. The van der Waals surface area contributed by atoms with E-state index in [1.54, 1.807) is 12.4 Å². The number of hydrogen-bond donors (Lipinski definition) is 2. The van der Waals surface area contributed by atoms with Crippen LogP contribution < -0.4 is 0 Å². The lowest BCUT2D eigenvalue weighted by Crippen LogP contribution is -2.27. The first kappa shape index (κ1) is 42.5. The van der Waals surface area contributed by atoms with Gasteiger partial charge in [-0.1, -0.05) is 134 Å². The van der Waals surface area contributed by atoms with Crippen molar-refractivity contribution in [1.82, 2.24) is 0 Å². The molecule has 0 aliphatic heterocycles. The van der Waals surface area contributed by atoms with Gasteiger partial charge in [0.25, 0.3) is 0 Å². The van der Waals surface area contributed by atoms with E-state index >= 15 is 0 Å². The molecule has 11 rings (SSSR count). The van der Waals surface area contributed by atoms with Crippen LogP contribution in [0.15, 0.2) is 180 Å². The molecule has 68 heavy (non-hydrogen) atoms. The molecular formula is C60H42F4N2O2. The van der Waals surface area contributed by atoms with Gasteiger partial charge in [-0.25, -0.2) is 17.6 Å². The predicted molar refractivity (Wildman–Crippen MR) is 269 cm³/mol. The number of aliphatic imine (C=N–C) groups is 2. The average molecular weight is 899 g/mol. The summed E-state index contributed by atoms with van der Waals surface area (Å²) in [5.41, 5.74) is 5.13. The van der Waals surface area contributed by atoms with Crippen LogP contribution >= 0.6 is 0 Å². The third kappa shape index (κ3) is 7.81. The predicted octanol–water partition coefficient (Wildman–Crippen LogP) is 15.8. The molecular weight excluding hydrogens is 857 g/mol. The maximum Gasteiger partial charge on any atom is 0.132 e. The molecule has 0 radical (unpaired) electrons. The summed E-state index contributed by atoms with van der Waals surface area (Å²) in [6, 6.07) is 48.7. The Balaban J connectivity index is 1.01.